The molecular formula is C15H21NO3. The quantitative estimate of drug-likeness (QED) is 0.801. The van der Waals surface area contributed by atoms with E-state index in [1.54, 1.807) is 12.1 Å². The summed E-state index contributed by atoms with van der Waals surface area (Å²) in [5.74, 6) is 0.616. The third kappa shape index (κ3) is 5.12. The van der Waals surface area contributed by atoms with Gasteiger partial charge in [-0.25, -0.2) is 0 Å². The van der Waals surface area contributed by atoms with E-state index in [-0.39, 0.29) is 18.3 Å². The Kier molecular flexibility index (Phi) is 5.55. The Morgan fingerprint density at radius 3 is 2.58 bits per heavy atom. The summed E-state index contributed by atoms with van der Waals surface area (Å²) in [5.41, 5.74) is 1.49. The van der Waals surface area contributed by atoms with E-state index in [0.29, 0.717) is 23.8 Å². The summed E-state index contributed by atoms with van der Waals surface area (Å²) in [4.78, 5) is 23.0. The second kappa shape index (κ2) is 6.92. The molecule has 4 nitrogen and oxygen atoms in total. The fourth-order valence-electron chi connectivity index (χ4n) is 1.55. The Balaban J connectivity index is 2.64. The van der Waals surface area contributed by atoms with Crippen LogP contribution in [0, 0.1) is 12.8 Å². The maximum atomic E-state index is 11.6. The van der Waals surface area contributed by atoms with Crippen molar-refractivity contribution in [3.63, 3.8) is 0 Å². The van der Waals surface area contributed by atoms with Crippen LogP contribution >= 0.6 is 0 Å². The van der Waals surface area contributed by atoms with E-state index in [2.05, 4.69) is 5.32 Å². The third-order valence-corrected chi connectivity index (χ3v) is 2.58. The molecule has 104 valence electrons. The third-order valence-electron chi connectivity index (χ3n) is 2.58. The normalized spacial score (nSPS) is 10.4. The first-order valence-corrected chi connectivity index (χ1v) is 6.41. The summed E-state index contributed by atoms with van der Waals surface area (Å²) < 4.78 is 5.44. The summed E-state index contributed by atoms with van der Waals surface area (Å²) in [6.07, 6.45) is 0. The van der Waals surface area contributed by atoms with Gasteiger partial charge in [0.05, 0.1) is 5.56 Å². The topological polar surface area (TPSA) is 55.4 Å². The zero-order chi connectivity index (χ0) is 14.4. The van der Waals surface area contributed by atoms with Gasteiger partial charge in [0.2, 0.25) is 0 Å². The van der Waals surface area contributed by atoms with Crippen LogP contribution in [0.25, 0.3) is 0 Å². The molecule has 0 aliphatic rings. The molecule has 0 saturated carbocycles. The minimum Gasteiger partial charge on any atom is -0.483 e. The van der Waals surface area contributed by atoms with E-state index in [1.807, 2.05) is 26.8 Å². The van der Waals surface area contributed by atoms with Gasteiger partial charge in [0, 0.05) is 6.54 Å². The highest BCUT2D eigenvalue weighted by Crippen LogP contribution is 2.20. The summed E-state index contributed by atoms with van der Waals surface area (Å²) >= 11 is 0. The van der Waals surface area contributed by atoms with Crippen LogP contribution in [0.15, 0.2) is 18.2 Å². The van der Waals surface area contributed by atoms with Crippen molar-refractivity contribution in [3.8, 4) is 5.75 Å². The maximum absolute atomic E-state index is 11.6. The van der Waals surface area contributed by atoms with Crippen LogP contribution < -0.4 is 10.1 Å². The predicted molar refractivity (Wildman–Crippen MR) is 74.5 cm³/mol. The van der Waals surface area contributed by atoms with Gasteiger partial charge in [0.15, 0.2) is 12.4 Å². The molecule has 1 N–H and O–H groups in total. The van der Waals surface area contributed by atoms with E-state index in [4.69, 9.17) is 4.74 Å². The lowest BCUT2D eigenvalue weighted by molar-refractivity contribution is -0.123. The van der Waals surface area contributed by atoms with Crippen LogP contribution in [0.4, 0.5) is 0 Å². The highest BCUT2D eigenvalue weighted by atomic mass is 16.5. The number of carbonyl (C=O) groups is 2. The summed E-state index contributed by atoms with van der Waals surface area (Å²) in [7, 11) is 0. The van der Waals surface area contributed by atoms with Crippen LogP contribution in [0.5, 0.6) is 5.75 Å². The molecule has 0 aliphatic carbocycles. The Labute approximate surface area is 114 Å². The number of aryl methyl sites for hydroxylation is 1. The molecule has 4 heteroatoms. The van der Waals surface area contributed by atoms with Crippen molar-refractivity contribution in [2.45, 2.75) is 27.7 Å². The van der Waals surface area contributed by atoms with E-state index in [1.165, 1.54) is 6.92 Å². The smallest absolute Gasteiger partial charge is 0.257 e. The number of ketones is 1. The average Bonchev–Trinajstić information content (AvgIpc) is 2.33. The number of carbonyl (C=O) groups excluding carboxylic acids is 2. The van der Waals surface area contributed by atoms with E-state index in [0.717, 1.165) is 5.56 Å². The monoisotopic (exact) mass is 263 g/mol. The molecule has 0 aromatic heterocycles. The number of hydrogen-bond acceptors (Lipinski definition) is 3. The summed E-state index contributed by atoms with van der Waals surface area (Å²) in [5, 5.41) is 2.77. The van der Waals surface area contributed by atoms with Crippen molar-refractivity contribution >= 4 is 11.7 Å². The van der Waals surface area contributed by atoms with Gasteiger partial charge in [-0.15, -0.1) is 0 Å². The Bertz CT molecular complexity index is 466. The van der Waals surface area contributed by atoms with Crippen molar-refractivity contribution < 1.29 is 14.3 Å². The number of ether oxygens (including phenoxy) is 1. The van der Waals surface area contributed by atoms with Gasteiger partial charge in [0.25, 0.3) is 5.91 Å². The van der Waals surface area contributed by atoms with Gasteiger partial charge in [-0.2, -0.15) is 0 Å². The zero-order valence-corrected chi connectivity index (χ0v) is 11.9. The molecule has 19 heavy (non-hydrogen) atoms. The molecule has 0 aliphatic heterocycles. The second-order valence-corrected chi connectivity index (χ2v) is 5.04. The molecular weight excluding hydrogens is 242 g/mol. The molecule has 0 spiro atoms. The van der Waals surface area contributed by atoms with E-state index in [9.17, 15) is 9.59 Å². The number of nitrogens with one attached hydrogen (secondary N) is 1. The standard InChI is InChI=1S/C15H21NO3/c1-10(2)8-16-15(18)9-19-14-7-11(3)5-6-13(14)12(4)17/h5-7,10H,8-9H2,1-4H3,(H,16,18). The number of Topliss-reactive ketones (excluding diaryl/α,β-unsaturated/α-hetero) is 1. The molecule has 1 aromatic carbocycles. The molecule has 0 unspecified atom stereocenters. The molecule has 0 radical (unpaired) electrons. The molecule has 0 saturated heterocycles. The van der Waals surface area contributed by atoms with Gasteiger partial charge >= 0.3 is 0 Å². The van der Waals surface area contributed by atoms with Crippen molar-refractivity contribution in [1.82, 2.24) is 5.32 Å². The highest BCUT2D eigenvalue weighted by Gasteiger charge is 2.10. The van der Waals surface area contributed by atoms with Gasteiger partial charge in [-0.05, 0) is 37.5 Å². The van der Waals surface area contributed by atoms with Crippen LogP contribution in [0.1, 0.15) is 36.7 Å². The first kappa shape index (κ1) is 15.2. The summed E-state index contributed by atoms with van der Waals surface area (Å²) in [6, 6.07) is 5.34. The van der Waals surface area contributed by atoms with Crippen molar-refractivity contribution in [2.24, 2.45) is 5.92 Å². The van der Waals surface area contributed by atoms with Gasteiger partial charge in [-0.3, -0.25) is 9.59 Å². The van der Waals surface area contributed by atoms with Crippen molar-refractivity contribution in [2.75, 3.05) is 13.2 Å². The lowest BCUT2D eigenvalue weighted by Gasteiger charge is -2.11. The van der Waals surface area contributed by atoms with E-state index < -0.39 is 0 Å². The number of rotatable bonds is 6. The maximum Gasteiger partial charge on any atom is 0.257 e. The Morgan fingerprint density at radius 1 is 1.32 bits per heavy atom. The SMILES string of the molecule is CC(=O)c1ccc(C)cc1OCC(=O)NCC(C)C. The van der Waals surface area contributed by atoms with Crippen molar-refractivity contribution in [3.05, 3.63) is 29.3 Å². The zero-order valence-electron chi connectivity index (χ0n) is 11.9. The second-order valence-electron chi connectivity index (χ2n) is 5.04. The molecule has 0 atom stereocenters. The van der Waals surface area contributed by atoms with Gasteiger partial charge in [0.1, 0.15) is 5.75 Å². The minimum absolute atomic E-state index is 0.0717. The lowest BCUT2D eigenvalue weighted by Crippen LogP contribution is -2.31. The van der Waals surface area contributed by atoms with Gasteiger partial charge < -0.3 is 10.1 Å². The minimum atomic E-state index is -0.176. The first-order valence-electron chi connectivity index (χ1n) is 6.41. The molecule has 1 aromatic rings. The average molecular weight is 263 g/mol. The van der Waals surface area contributed by atoms with E-state index >= 15 is 0 Å². The molecule has 1 amide bonds. The Morgan fingerprint density at radius 2 is 2.00 bits per heavy atom. The molecule has 0 heterocycles. The van der Waals surface area contributed by atoms with Crippen LogP contribution in [-0.2, 0) is 4.79 Å². The number of amides is 1. The highest BCUT2D eigenvalue weighted by molar-refractivity contribution is 5.97. The van der Waals surface area contributed by atoms with Crippen LogP contribution in [0.2, 0.25) is 0 Å². The fourth-order valence-corrected chi connectivity index (χ4v) is 1.55. The molecule has 1 rings (SSSR count). The first-order chi connectivity index (χ1) is 8.90. The number of hydrogen-bond donors (Lipinski definition) is 1. The Hall–Kier alpha value is -1.84. The van der Waals surface area contributed by atoms with Gasteiger partial charge in [-0.1, -0.05) is 19.9 Å². The lowest BCUT2D eigenvalue weighted by atomic mass is 10.1. The number of benzene rings is 1. The largest absolute Gasteiger partial charge is 0.483 e. The fraction of sp³-hybridized carbons (Fsp3) is 0.467. The van der Waals surface area contributed by atoms with Crippen molar-refractivity contribution in [1.29, 1.82) is 0 Å². The van der Waals surface area contributed by atoms with Crippen LogP contribution in [-0.4, -0.2) is 24.8 Å². The molecule has 0 fully saturated rings. The van der Waals surface area contributed by atoms with Crippen LogP contribution in [0.3, 0.4) is 0 Å². The summed E-state index contributed by atoms with van der Waals surface area (Å²) in [6.45, 7) is 7.99. The predicted octanol–water partition coefficient (Wildman–Crippen LogP) is 2.35. The molecule has 0 bridgehead atoms.